The number of pyridine rings is 1. The van der Waals surface area contributed by atoms with Crippen LogP contribution in [0.2, 0.25) is 0 Å². The molecule has 0 amide bonds. The maximum absolute atomic E-state index is 10.9. The van der Waals surface area contributed by atoms with Crippen molar-refractivity contribution in [2.45, 2.75) is 0 Å². The summed E-state index contributed by atoms with van der Waals surface area (Å²) < 4.78 is 0. The van der Waals surface area contributed by atoms with Gasteiger partial charge in [0.05, 0.1) is 5.52 Å². The van der Waals surface area contributed by atoms with Gasteiger partial charge in [-0.05, 0) is 18.2 Å². The highest BCUT2D eigenvalue weighted by Gasteiger charge is 2.03. The standard InChI is InChI=1S/C9H7NO3/c11-6-2-3-7(12)9-5(6)1-4-8(13)10-9/h1-4,11-12H,(H,10,13). The smallest absolute Gasteiger partial charge is 0.248 e. The van der Waals surface area contributed by atoms with Gasteiger partial charge < -0.3 is 15.2 Å². The summed E-state index contributed by atoms with van der Waals surface area (Å²) in [5, 5.41) is 19.1. The van der Waals surface area contributed by atoms with Crippen LogP contribution in [0.3, 0.4) is 0 Å². The van der Waals surface area contributed by atoms with Crippen molar-refractivity contribution in [1.29, 1.82) is 0 Å². The molecule has 0 saturated heterocycles. The van der Waals surface area contributed by atoms with Crippen LogP contribution >= 0.6 is 0 Å². The largest absolute Gasteiger partial charge is 0.507 e. The number of rotatable bonds is 0. The first-order valence-corrected chi connectivity index (χ1v) is 3.72. The van der Waals surface area contributed by atoms with Crippen molar-refractivity contribution in [1.82, 2.24) is 4.98 Å². The maximum atomic E-state index is 10.9. The molecule has 0 atom stereocenters. The van der Waals surface area contributed by atoms with Gasteiger partial charge in [0.2, 0.25) is 5.56 Å². The minimum Gasteiger partial charge on any atom is -0.507 e. The molecule has 1 aromatic carbocycles. The number of aromatic hydroxyl groups is 2. The lowest BCUT2D eigenvalue weighted by Crippen LogP contribution is -2.02. The maximum Gasteiger partial charge on any atom is 0.248 e. The number of H-pyrrole nitrogens is 1. The summed E-state index contributed by atoms with van der Waals surface area (Å²) in [6.07, 6.45) is 0. The van der Waals surface area contributed by atoms with Crippen molar-refractivity contribution in [3.05, 3.63) is 34.6 Å². The third-order valence-electron chi connectivity index (χ3n) is 1.85. The summed E-state index contributed by atoms with van der Waals surface area (Å²) in [6, 6.07) is 5.45. The molecule has 0 fully saturated rings. The van der Waals surface area contributed by atoms with Crippen LogP contribution in [0.25, 0.3) is 10.9 Å². The quantitative estimate of drug-likeness (QED) is 0.524. The number of nitrogens with one attached hydrogen (secondary N) is 1. The van der Waals surface area contributed by atoms with E-state index in [0.717, 1.165) is 0 Å². The molecule has 0 unspecified atom stereocenters. The van der Waals surface area contributed by atoms with Crippen molar-refractivity contribution in [2.24, 2.45) is 0 Å². The minimum atomic E-state index is -0.312. The predicted molar refractivity (Wildman–Crippen MR) is 47.9 cm³/mol. The number of aromatic amines is 1. The number of phenolic OH excluding ortho intramolecular Hbond substituents is 2. The van der Waals surface area contributed by atoms with Crippen LogP contribution in [0, 0.1) is 0 Å². The lowest BCUT2D eigenvalue weighted by molar-refractivity contribution is 0.468. The van der Waals surface area contributed by atoms with Gasteiger partial charge in [-0.2, -0.15) is 0 Å². The molecule has 0 aliphatic rings. The van der Waals surface area contributed by atoms with E-state index in [1.165, 1.54) is 24.3 Å². The average molecular weight is 177 g/mol. The molecule has 1 heterocycles. The lowest BCUT2D eigenvalue weighted by Gasteiger charge is -2.01. The number of benzene rings is 1. The Morgan fingerprint density at radius 2 is 1.69 bits per heavy atom. The average Bonchev–Trinajstić information content (AvgIpc) is 2.12. The van der Waals surface area contributed by atoms with Gasteiger partial charge in [0.15, 0.2) is 0 Å². The van der Waals surface area contributed by atoms with Crippen LogP contribution < -0.4 is 5.56 Å². The number of hydrogen-bond acceptors (Lipinski definition) is 3. The summed E-state index contributed by atoms with van der Waals surface area (Å²) >= 11 is 0. The van der Waals surface area contributed by atoms with Gasteiger partial charge in [0, 0.05) is 11.5 Å². The number of fused-ring (bicyclic) bond motifs is 1. The Bertz CT molecular complexity index is 516. The number of aromatic nitrogens is 1. The molecule has 2 aromatic rings. The second-order valence-corrected chi connectivity index (χ2v) is 2.72. The van der Waals surface area contributed by atoms with Crippen molar-refractivity contribution in [2.75, 3.05) is 0 Å². The fourth-order valence-electron chi connectivity index (χ4n) is 1.22. The van der Waals surface area contributed by atoms with E-state index < -0.39 is 0 Å². The molecule has 4 nitrogen and oxygen atoms in total. The van der Waals surface area contributed by atoms with Crippen LogP contribution in [0.5, 0.6) is 11.5 Å². The summed E-state index contributed by atoms with van der Waals surface area (Å²) in [4.78, 5) is 13.3. The molecule has 0 spiro atoms. The zero-order chi connectivity index (χ0) is 9.42. The lowest BCUT2D eigenvalue weighted by atomic mass is 10.2. The molecule has 2 rings (SSSR count). The Balaban J connectivity index is 3.00. The van der Waals surface area contributed by atoms with Crippen LogP contribution in [0.4, 0.5) is 0 Å². The normalized spacial score (nSPS) is 10.5. The van der Waals surface area contributed by atoms with Crippen LogP contribution in [0.1, 0.15) is 0 Å². The zero-order valence-corrected chi connectivity index (χ0v) is 6.61. The molecule has 4 heteroatoms. The van der Waals surface area contributed by atoms with E-state index in [9.17, 15) is 15.0 Å². The fourth-order valence-corrected chi connectivity index (χ4v) is 1.22. The first-order chi connectivity index (χ1) is 6.18. The van der Waals surface area contributed by atoms with Gasteiger partial charge in [0.1, 0.15) is 11.5 Å². The number of hydrogen-bond donors (Lipinski definition) is 3. The third kappa shape index (κ3) is 1.12. The Morgan fingerprint density at radius 3 is 2.46 bits per heavy atom. The van der Waals surface area contributed by atoms with Gasteiger partial charge >= 0.3 is 0 Å². The summed E-state index contributed by atoms with van der Waals surface area (Å²) in [7, 11) is 0. The first kappa shape index (κ1) is 7.67. The summed E-state index contributed by atoms with van der Waals surface area (Å²) in [5.74, 6) is -0.0189. The van der Waals surface area contributed by atoms with Gasteiger partial charge in [-0.25, -0.2) is 0 Å². The molecule has 1 aromatic heterocycles. The van der Waals surface area contributed by atoms with Crippen LogP contribution in [0.15, 0.2) is 29.1 Å². The molecular weight excluding hydrogens is 170 g/mol. The molecule has 13 heavy (non-hydrogen) atoms. The molecule has 0 aliphatic carbocycles. The Hall–Kier alpha value is -1.97. The molecule has 0 aliphatic heterocycles. The van der Waals surface area contributed by atoms with Crippen LogP contribution in [-0.4, -0.2) is 15.2 Å². The SMILES string of the molecule is O=c1ccc2c(O)ccc(O)c2[nH]1. The highest BCUT2D eigenvalue weighted by atomic mass is 16.3. The van der Waals surface area contributed by atoms with Crippen molar-refractivity contribution in [3.63, 3.8) is 0 Å². The van der Waals surface area contributed by atoms with Crippen LogP contribution in [-0.2, 0) is 0 Å². The summed E-state index contributed by atoms with van der Waals surface area (Å²) in [6.45, 7) is 0. The Morgan fingerprint density at radius 1 is 1.00 bits per heavy atom. The monoisotopic (exact) mass is 177 g/mol. The van der Waals surface area contributed by atoms with Crippen molar-refractivity contribution < 1.29 is 10.2 Å². The molecule has 66 valence electrons. The van der Waals surface area contributed by atoms with E-state index in [2.05, 4.69) is 4.98 Å². The van der Waals surface area contributed by atoms with E-state index >= 15 is 0 Å². The highest BCUT2D eigenvalue weighted by molar-refractivity contribution is 5.89. The van der Waals surface area contributed by atoms with Gasteiger partial charge in [0.25, 0.3) is 0 Å². The molecular formula is C9H7NO3. The highest BCUT2D eigenvalue weighted by Crippen LogP contribution is 2.28. The topological polar surface area (TPSA) is 73.3 Å². The molecule has 0 bridgehead atoms. The molecule has 0 saturated carbocycles. The minimum absolute atomic E-state index is 0.0315. The fraction of sp³-hybridized carbons (Fsp3) is 0. The predicted octanol–water partition coefficient (Wildman–Crippen LogP) is 0.939. The summed E-state index contributed by atoms with van der Waals surface area (Å²) in [5.41, 5.74) is -0.0547. The second-order valence-electron chi connectivity index (χ2n) is 2.72. The van der Waals surface area contributed by atoms with Crippen molar-refractivity contribution in [3.8, 4) is 11.5 Å². The van der Waals surface area contributed by atoms with Gasteiger partial charge in [-0.1, -0.05) is 0 Å². The van der Waals surface area contributed by atoms with E-state index in [-0.39, 0.29) is 22.6 Å². The third-order valence-corrected chi connectivity index (χ3v) is 1.85. The van der Waals surface area contributed by atoms with Gasteiger partial charge in [-0.3, -0.25) is 4.79 Å². The van der Waals surface area contributed by atoms with E-state index in [1.54, 1.807) is 0 Å². The van der Waals surface area contributed by atoms with E-state index in [1.807, 2.05) is 0 Å². The van der Waals surface area contributed by atoms with Crippen molar-refractivity contribution >= 4 is 10.9 Å². The Labute approximate surface area is 73.1 Å². The zero-order valence-electron chi connectivity index (χ0n) is 6.61. The van der Waals surface area contributed by atoms with E-state index in [4.69, 9.17) is 0 Å². The van der Waals surface area contributed by atoms with Gasteiger partial charge in [-0.15, -0.1) is 0 Å². The molecule has 0 radical (unpaired) electrons. The first-order valence-electron chi connectivity index (χ1n) is 3.72. The molecule has 3 N–H and O–H groups in total. The van der Waals surface area contributed by atoms with E-state index in [0.29, 0.717) is 5.39 Å². The second kappa shape index (κ2) is 2.52. The Kier molecular flexibility index (Phi) is 1.48. The number of phenols is 2.